The summed E-state index contributed by atoms with van der Waals surface area (Å²) in [7, 11) is -9.91. The lowest BCUT2D eigenvalue weighted by Crippen LogP contribution is -2.30. The van der Waals surface area contributed by atoms with Gasteiger partial charge in [0, 0.05) is 25.7 Å². The number of hydrogen-bond acceptors (Lipinski definition) is 15. The average Bonchev–Trinajstić information content (AvgIpc) is 1.63. The van der Waals surface area contributed by atoms with E-state index < -0.39 is 97.5 Å². The van der Waals surface area contributed by atoms with Gasteiger partial charge in [-0.2, -0.15) is 0 Å². The summed E-state index contributed by atoms with van der Waals surface area (Å²) in [5.41, 5.74) is 0. The van der Waals surface area contributed by atoms with Crippen LogP contribution in [-0.2, 0) is 65.4 Å². The van der Waals surface area contributed by atoms with Crippen molar-refractivity contribution in [2.75, 3.05) is 39.6 Å². The highest BCUT2D eigenvalue weighted by molar-refractivity contribution is 7.47. The monoisotopic (exact) mass is 1400 g/mol. The Morgan fingerprint density at radius 1 is 0.295 bits per heavy atom. The molecule has 0 amide bonds. The molecule has 19 heteroatoms. The Morgan fingerprint density at radius 3 is 0.747 bits per heavy atom. The number of phosphoric ester groups is 2. The van der Waals surface area contributed by atoms with Crippen molar-refractivity contribution in [3.63, 3.8) is 0 Å². The standard InChI is InChI=1S/C76H148O17P2/c1-9-69(8)55-47-39-33-35-43-51-59-76(81)93-72(62-86-73(78)56-48-40-30-26-22-17-15-13-11-10-12-14-16-20-24-28-36-44-52-66(2)3)65-91-95(84,85)89-61-70(77)60-88-94(82,83)90-64-71(63-87-74(79)57-49-41-34-32-38-46-54-68(6)7)92-75(80)58-50-42-31-27-23-19-18-21-25-29-37-45-53-67(4)5/h66-72,77H,9-65H2,1-8H3,(H,82,83)(H,84,85)/t69?,70-,71+,72+/m0/s1. The van der Waals surface area contributed by atoms with Crippen molar-refractivity contribution in [1.29, 1.82) is 0 Å². The second kappa shape index (κ2) is 65.4. The number of phosphoric acid groups is 2. The fourth-order valence-electron chi connectivity index (χ4n) is 11.5. The molecule has 3 unspecified atom stereocenters. The smallest absolute Gasteiger partial charge is 0.462 e. The zero-order valence-corrected chi connectivity index (χ0v) is 64.1. The second-order valence-corrected chi connectivity index (χ2v) is 32.0. The fraction of sp³-hybridized carbons (Fsp3) is 0.947. The van der Waals surface area contributed by atoms with Crippen molar-refractivity contribution in [2.24, 2.45) is 23.7 Å². The molecule has 6 atom stereocenters. The highest BCUT2D eigenvalue weighted by Gasteiger charge is 2.30. The molecule has 0 aromatic rings. The zero-order valence-electron chi connectivity index (χ0n) is 62.3. The summed E-state index contributed by atoms with van der Waals surface area (Å²) in [6, 6.07) is 0. The molecule has 0 fully saturated rings. The number of aliphatic hydroxyl groups is 1. The van der Waals surface area contributed by atoms with Crippen LogP contribution in [0.2, 0.25) is 0 Å². The minimum atomic E-state index is -4.96. The molecular weight excluding hydrogens is 1250 g/mol. The maximum absolute atomic E-state index is 13.1. The second-order valence-electron chi connectivity index (χ2n) is 29.1. The topological polar surface area (TPSA) is 237 Å². The van der Waals surface area contributed by atoms with Gasteiger partial charge in [-0.05, 0) is 49.4 Å². The molecule has 3 N–H and O–H groups in total. The Morgan fingerprint density at radius 2 is 0.505 bits per heavy atom. The van der Waals surface area contributed by atoms with Crippen LogP contribution >= 0.6 is 15.6 Å². The van der Waals surface area contributed by atoms with Gasteiger partial charge >= 0.3 is 39.5 Å². The maximum Gasteiger partial charge on any atom is 0.472 e. The van der Waals surface area contributed by atoms with Gasteiger partial charge in [0.05, 0.1) is 26.4 Å². The van der Waals surface area contributed by atoms with Crippen LogP contribution in [0, 0.1) is 23.7 Å². The van der Waals surface area contributed by atoms with E-state index in [4.69, 9.17) is 37.0 Å². The third-order valence-corrected chi connectivity index (χ3v) is 19.8. The maximum atomic E-state index is 13.1. The van der Waals surface area contributed by atoms with E-state index in [2.05, 4.69) is 55.4 Å². The van der Waals surface area contributed by atoms with Crippen molar-refractivity contribution in [3.8, 4) is 0 Å². The van der Waals surface area contributed by atoms with Crippen molar-refractivity contribution < 1.29 is 80.2 Å². The third kappa shape index (κ3) is 69.0. The van der Waals surface area contributed by atoms with E-state index in [0.717, 1.165) is 114 Å². The molecule has 0 saturated carbocycles. The van der Waals surface area contributed by atoms with Crippen LogP contribution in [0.5, 0.6) is 0 Å². The van der Waals surface area contributed by atoms with E-state index in [1.165, 1.54) is 180 Å². The van der Waals surface area contributed by atoms with Crippen LogP contribution in [0.3, 0.4) is 0 Å². The molecule has 95 heavy (non-hydrogen) atoms. The lowest BCUT2D eigenvalue weighted by atomic mass is 10.00. The first-order valence-electron chi connectivity index (χ1n) is 39.2. The summed E-state index contributed by atoms with van der Waals surface area (Å²) in [6.45, 7) is 14.1. The normalized spacial score (nSPS) is 14.4. The highest BCUT2D eigenvalue weighted by atomic mass is 31.2. The number of carbonyl (C=O) groups excluding carboxylic acids is 4. The van der Waals surface area contributed by atoms with Crippen LogP contribution in [0.4, 0.5) is 0 Å². The predicted molar refractivity (Wildman–Crippen MR) is 386 cm³/mol. The first-order valence-corrected chi connectivity index (χ1v) is 42.2. The van der Waals surface area contributed by atoms with Gasteiger partial charge in [-0.3, -0.25) is 37.3 Å². The van der Waals surface area contributed by atoms with E-state index in [0.29, 0.717) is 31.6 Å². The van der Waals surface area contributed by atoms with E-state index in [-0.39, 0.29) is 25.7 Å². The fourth-order valence-corrected chi connectivity index (χ4v) is 13.1. The number of esters is 4. The molecule has 0 aliphatic rings. The van der Waals surface area contributed by atoms with Crippen LogP contribution in [0.15, 0.2) is 0 Å². The number of ether oxygens (including phenoxy) is 4. The third-order valence-electron chi connectivity index (χ3n) is 17.9. The lowest BCUT2D eigenvalue weighted by Gasteiger charge is -2.21. The van der Waals surface area contributed by atoms with Crippen molar-refractivity contribution in [1.82, 2.24) is 0 Å². The van der Waals surface area contributed by atoms with Crippen molar-refractivity contribution in [2.45, 2.75) is 401 Å². The van der Waals surface area contributed by atoms with Crippen molar-refractivity contribution in [3.05, 3.63) is 0 Å². The Bertz CT molecular complexity index is 1870. The first kappa shape index (κ1) is 93.1. The van der Waals surface area contributed by atoms with E-state index in [1.807, 2.05) is 0 Å². The average molecular weight is 1400 g/mol. The quantitative estimate of drug-likeness (QED) is 0.0222. The number of carbonyl (C=O) groups is 4. The van der Waals surface area contributed by atoms with Crippen LogP contribution in [0.25, 0.3) is 0 Å². The van der Waals surface area contributed by atoms with Gasteiger partial charge in [0.15, 0.2) is 12.2 Å². The Hall–Kier alpha value is -1.94. The van der Waals surface area contributed by atoms with Gasteiger partial charge in [0.1, 0.15) is 19.3 Å². The van der Waals surface area contributed by atoms with Crippen LogP contribution < -0.4 is 0 Å². The number of aliphatic hydroxyl groups excluding tert-OH is 1. The molecule has 0 saturated heterocycles. The van der Waals surface area contributed by atoms with Crippen LogP contribution in [0.1, 0.15) is 383 Å². The molecule has 0 aromatic carbocycles. The minimum absolute atomic E-state index is 0.103. The van der Waals surface area contributed by atoms with E-state index in [9.17, 15) is 43.2 Å². The Labute approximate surface area is 581 Å². The summed E-state index contributed by atoms with van der Waals surface area (Å²) in [5, 5.41) is 10.6. The molecule has 0 aromatic heterocycles. The van der Waals surface area contributed by atoms with Crippen LogP contribution in [-0.4, -0.2) is 96.7 Å². The number of rotatable bonds is 73. The Kier molecular flexibility index (Phi) is 64.0. The minimum Gasteiger partial charge on any atom is -0.462 e. The molecule has 0 bridgehead atoms. The molecule has 0 radical (unpaired) electrons. The largest absolute Gasteiger partial charge is 0.472 e. The molecule has 0 aliphatic carbocycles. The summed E-state index contributed by atoms with van der Waals surface area (Å²) in [4.78, 5) is 72.7. The molecule has 0 spiro atoms. The van der Waals surface area contributed by atoms with Gasteiger partial charge < -0.3 is 33.8 Å². The lowest BCUT2D eigenvalue weighted by molar-refractivity contribution is -0.161. The molecule has 17 nitrogen and oxygen atoms in total. The van der Waals surface area contributed by atoms with Crippen molar-refractivity contribution >= 4 is 39.5 Å². The number of unbranched alkanes of at least 4 members (excludes halogenated alkanes) is 38. The first-order chi connectivity index (χ1) is 45.6. The van der Waals surface area contributed by atoms with Gasteiger partial charge in [0.2, 0.25) is 0 Å². The summed E-state index contributed by atoms with van der Waals surface area (Å²) in [6.07, 6.45) is 50.3. The SMILES string of the molecule is CCC(C)CCCCCCCCC(=O)O[C@H](COC(=O)CCCCCCCCCCCCCCCCCCCCC(C)C)COP(=O)(O)OC[C@@H](O)COP(=O)(O)OC[C@@H](COC(=O)CCCCCCCCC(C)C)OC(=O)CCCCCCCCCCCCCCC(C)C. The summed E-state index contributed by atoms with van der Waals surface area (Å²) >= 11 is 0. The van der Waals surface area contributed by atoms with E-state index in [1.54, 1.807) is 0 Å². The summed E-state index contributed by atoms with van der Waals surface area (Å²) < 4.78 is 68.4. The summed E-state index contributed by atoms with van der Waals surface area (Å²) in [5.74, 6) is 0.872. The van der Waals surface area contributed by atoms with Gasteiger partial charge in [-0.1, -0.05) is 331 Å². The molecular formula is C76H148O17P2. The van der Waals surface area contributed by atoms with Gasteiger partial charge in [-0.15, -0.1) is 0 Å². The zero-order chi connectivity index (χ0) is 70.3. The van der Waals surface area contributed by atoms with Gasteiger partial charge in [-0.25, -0.2) is 9.13 Å². The number of hydrogen-bond donors (Lipinski definition) is 3. The van der Waals surface area contributed by atoms with Gasteiger partial charge in [0.25, 0.3) is 0 Å². The molecule has 0 heterocycles. The highest BCUT2D eigenvalue weighted by Crippen LogP contribution is 2.45. The van der Waals surface area contributed by atoms with E-state index >= 15 is 0 Å². The molecule has 0 rings (SSSR count). The molecule has 564 valence electrons. The Balaban J connectivity index is 5.14. The molecule has 0 aliphatic heterocycles. The predicted octanol–water partition coefficient (Wildman–Crippen LogP) is 22.0.